The van der Waals surface area contributed by atoms with Crippen molar-refractivity contribution in [3.05, 3.63) is 118 Å². The maximum atomic E-state index is 10.5. The SMILES string of the molecule is C=C=C=O.Cc1ccc(CO)cc1C(N)CC(=O)O.Cc1ccccc1C(N)OC=O.Cc1ccccc1C(N)OC=O. The zero-order valence-electron chi connectivity index (χ0n) is 24.4. The number of aryl methyl sites for hydroxylation is 3. The molecule has 43 heavy (non-hydrogen) atoms. The standard InChI is InChI=1S/C11H15NO3.2C9H11NO2.C3H2O/c1-7-2-3-8(6-13)4-9(7)10(12)5-11(14)15;2*1-7-4-2-3-5-8(7)9(10)12-6-11;1-2-3-4/h2-4,10,13H,5-6,12H2,1H3,(H,14,15);2*2-6,9H,10H2,1H3;1H2. The molecule has 230 valence electrons. The van der Waals surface area contributed by atoms with Gasteiger partial charge in [-0.15, -0.1) is 0 Å². The third-order valence-corrected chi connectivity index (χ3v) is 5.79. The van der Waals surface area contributed by atoms with Crippen LogP contribution in [0.15, 0.2) is 79.0 Å². The maximum absolute atomic E-state index is 10.5. The van der Waals surface area contributed by atoms with E-state index in [1.165, 1.54) is 5.94 Å². The summed E-state index contributed by atoms with van der Waals surface area (Å²) in [6.07, 6.45) is -1.40. The van der Waals surface area contributed by atoms with Gasteiger partial charge in [0.2, 0.25) is 0 Å². The van der Waals surface area contributed by atoms with Gasteiger partial charge >= 0.3 is 5.97 Å². The van der Waals surface area contributed by atoms with E-state index in [4.69, 9.17) is 32.2 Å². The molecule has 0 heterocycles. The molecule has 0 aromatic heterocycles. The maximum Gasteiger partial charge on any atom is 0.305 e. The van der Waals surface area contributed by atoms with Crippen LogP contribution in [0, 0.1) is 20.8 Å². The second-order valence-electron chi connectivity index (χ2n) is 8.85. The molecule has 8 N–H and O–H groups in total. The molecule has 0 aliphatic carbocycles. The number of carbonyl (C=O) groups is 3. The summed E-state index contributed by atoms with van der Waals surface area (Å²) in [6, 6.07) is 19.9. The minimum absolute atomic E-state index is 0.0624. The highest BCUT2D eigenvalue weighted by Crippen LogP contribution is 2.20. The van der Waals surface area contributed by atoms with Crippen molar-refractivity contribution >= 4 is 24.9 Å². The molecule has 11 nitrogen and oxygen atoms in total. The number of carboxylic acids is 1. The molecule has 0 radical (unpaired) electrons. The number of rotatable bonds is 10. The predicted octanol–water partition coefficient (Wildman–Crippen LogP) is 3.37. The van der Waals surface area contributed by atoms with Gasteiger partial charge in [0.25, 0.3) is 12.9 Å². The topological polar surface area (TPSA) is 205 Å². The van der Waals surface area contributed by atoms with Crippen molar-refractivity contribution in [1.29, 1.82) is 0 Å². The van der Waals surface area contributed by atoms with Gasteiger partial charge in [0.15, 0.2) is 18.4 Å². The number of aliphatic hydroxyl groups is 1. The quantitative estimate of drug-likeness (QED) is 0.0997. The molecule has 11 heteroatoms. The van der Waals surface area contributed by atoms with Crippen molar-refractivity contribution in [3.8, 4) is 0 Å². The Balaban J connectivity index is 0.000000582. The van der Waals surface area contributed by atoms with Gasteiger partial charge in [-0.3, -0.25) is 25.9 Å². The molecule has 3 rings (SSSR count). The van der Waals surface area contributed by atoms with E-state index in [9.17, 15) is 14.4 Å². The van der Waals surface area contributed by atoms with Crippen LogP contribution in [0.2, 0.25) is 0 Å². The van der Waals surface area contributed by atoms with Crippen LogP contribution in [0.4, 0.5) is 0 Å². The second-order valence-corrected chi connectivity index (χ2v) is 8.85. The second kappa shape index (κ2) is 21.8. The Morgan fingerprint density at radius 2 is 1.26 bits per heavy atom. The van der Waals surface area contributed by atoms with Gasteiger partial charge in [-0.05, 0) is 60.9 Å². The van der Waals surface area contributed by atoms with Crippen LogP contribution in [0.1, 0.15) is 63.9 Å². The van der Waals surface area contributed by atoms with Crippen LogP contribution >= 0.6 is 0 Å². The first-order valence-electron chi connectivity index (χ1n) is 12.8. The van der Waals surface area contributed by atoms with Gasteiger partial charge in [0.05, 0.1) is 13.0 Å². The highest BCUT2D eigenvalue weighted by Gasteiger charge is 2.13. The molecule has 3 aromatic rings. The molecule has 0 fully saturated rings. The number of hydrogen-bond acceptors (Lipinski definition) is 10. The van der Waals surface area contributed by atoms with Crippen molar-refractivity contribution in [1.82, 2.24) is 0 Å². The minimum Gasteiger partial charge on any atom is -0.481 e. The molecule has 0 amide bonds. The third-order valence-electron chi connectivity index (χ3n) is 5.79. The molecule has 3 aromatic carbocycles. The molecular formula is C32H39N3O8. The van der Waals surface area contributed by atoms with Crippen LogP contribution in [0.5, 0.6) is 0 Å². The fourth-order valence-electron chi connectivity index (χ4n) is 3.56. The van der Waals surface area contributed by atoms with Gasteiger partial charge in [0.1, 0.15) is 0 Å². The summed E-state index contributed by atoms with van der Waals surface area (Å²) in [5.41, 5.74) is 24.9. The Labute approximate surface area is 251 Å². The molecule has 0 bridgehead atoms. The first-order chi connectivity index (χ1) is 20.5. The van der Waals surface area contributed by atoms with Crippen LogP contribution < -0.4 is 17.2 Å². The number of benzene rings is 3. The normalized spacial score (nSPS) is 11.4. The van der Waals surface area contributed by atoms with E-state index in [0.29, 0.717) is 12.9 Å². The summed E-state index contributed by atoms with van der Waals surface area (Å²) in [5.74, 6) is 0.399. The number of aliphatic carboxylic acids is 1. The number of carbonyl (C=O) groups excluding carboxylic acids is 3. The van der Waals surface area contributed by atoms with Gasteiger partial charge in [0, 0.05) is 17.2 Å². The molecular weight excluding hydrogens is 554 g/mol. The van der Waals surface area contributed by atoms with Crippen molar-refractivity contribution in [3.63, 3.8) is 0 Å². The number of carboxylic acid groups (broad SMARTS) is 1. The monoisotopic (exact) mass is 593 g/mol. The van der Waals surface area contributed by atoms with E-state index < -0.39 is 24.5 Å². The molecule has 0 aliphatic rings. The van der Waals surface area contributed by atoms with E-state index in [1.807, 2.05) is 81.1 Å². The minimum atomic E-state index is -0.920. The Hall–Kier alpha value is -4.86. The summed E-state index contributed by atoms with van der Waals surface area (Å²) < 4.78 is 9.21. The lowest BCUT2D eigenvalue weighted by Crippen LogP contribution is -2.16. The first kappa shape index (κ1) is 38.1. The van der Waals surface area contributed by atoms with Crippen LogP contribution in [-0.4, -0.2) is 35.1 Å². The summed E-state index contributed by atoms with van der Waals surface area (Å²) in [7, 11) is 0. The molecule has 3 unspecified atom stereocenters. The highest BCUT2D eigenvalue weighted by atomic mass is 16.5. The van der Waals surface area contributed by atoms with E-state index in [0.717, 1.165) is 38.9 Å². The lowest BCUT2D eigenvalue weighted by atomic mass is 9.97. The average molecular weight is 594 g/mol. The zero-order valence-corrected chi connectivity index (χ0v) is 24.4. The molecule has 0 aliphatic heterocycles. The van der Waals surface area contributed by atoms with Crippen molar-refractivity contribution in [2.75, 3.05) is 0 Å². The van der Waals surface area contributed by atoms with Crippen LogP contribution in [-0.2, 0) is 35.3 Å². The number of nitrogens with two attached hydrogens (primary N) is 3. The largest absolute Gasteiger partial charge is 0.481 e. The van der Waals surface area contributed by atoms with E-state index in [2.05, 4.69) is 16.1 Å². The third kappa shape index (κ3) is 15.1. The number of aliphatic hydroxyl groups excluding tert-OH is 1. The van der Waals surface area contributed by atoms with Crippen molar-refractivity contribution in [2.24, 2.45) is 17.2 Å². The van der Waals surface area contributed by atoms with Crippen molar-refractivity contribution in [2.45, 2.75) is 52.3 Å². The lowest BCUT2D eigenvalue weighted by Gasteiger charge is -2.13. The van der Waals surface area contributed by atoms with E-state index in [1.54, 1.807) is 12.1 Å². The van der Waals surface area contributed by atoms with Crippen LogP contribution in [0.3, 0.4) is 0 Å². The fraction of sp³-hybridized carbons (Fsp3) is 0.250. The van der Waals surface area contributed by atoms with Gasteiger partial charge < -0.3 is 25.4 Å². The summed E-state index contributed by atoms with van der Waals surface area (Å²) in [6.45, 7) is 9.30. The summed E-state index contributed by atoms with van der Waals surface area (Å²) >= 11 is 0. The predicted molar refractivity (Wildman–Crippen MR) is 162 cm³/mol. The average Bonchev–Trinajstić information content (AvgIpc) is 2.98. The van der Waals surface area contributed by atoms with Gasteiger partial charge in [-0.25, -0.2) is 4.79 Å². The number of ether oxygens (including phenoxy) is 2. The zero-order chi connectivity index (χ0) is 32.8. The lowest BCUT2D eigenvalue weighted by molar-refractivity contribution is -0.137. The van der Waals surface area contributed by atoms with Gasteiger partial charge in [-0.2, -0.15) is 0 Å². The number of hydrogen-bond donors (Lipinski definition) is 5. The molecule has 3 atom stereocenters. The van der Waals surface area contributed by atoms with Gasteiger partial charge in [-0.1, -0.05) is 66.7 Å². The Morgan fingerprint density at radius 3 is 1.60 bits per heavy atom. The summed E-state index contributed by atoms with van der Waals surface area (Å²) in [5, 5.41) is 17.6. The first-order valence-corrected chi connectivity index (χ1v) is 12.8. The highest BCUT2D eigenvalue weighted by molar-refractivity contribution is 5.68. The fourth-order valence-corrected chi connectivity index (χ4v) is 3.56. The molecule has 0 saturated heterocycles. The summed E-state index contributed by atoms with van der Waals surface area (Å²) in [4.78, 5) is 39.4. The van der Waals surface area contributed by atoms with Crippen LogP contribution in [0.25, 0.3) is 0 Å². The molecule has 0 saturated carbocycles. The Kier molecular flexibility index (Phi) is 19.4. The molecule has 0 spiro atoms. The van der Waals surface area contributed by atoms with E-state index >= 15 is 0 Å². The smallest absolute Gasteiger partial charge is 0.305 e. The van der Waals surface area contributed by atoms with E-state index in [-0.39, 0.29) is 13.0 Å². The Bertz CT molecular complexity index is 1300. The van der Waals surface area contributed by atoms with Crippen molar-refractivity contribution < 1.29 is 38.9 Å². The Morgan fingerprint density at radius 1 is 0.837 bits per heavy atom.